The second-order valence-electron chi connectivity index (χ2n) is 5.13. The van der Waals surface area contributed by atoms with E-state index in [9.17, 15) is 9.59 Å². The topological polar surface area (TPSA) is 84.7 Å². The summed E-state index contributed by atoms with van der Waals surface area (Å²) >= 11 is 0. The van der Waals surface area contributed by atoms with Crippen LogP contribution in [0, 0.1) is 0 Å². The molecule has 0 unspecified atom stereocenters. The first kappa shape index (κ1) is 14.1. The van der Waals surface area contributed by atoms with Crippen LogP contribution in [0.1, 0.15) is 27.2 Å². The van der Waals surface area contributed by atoms with Crippen LogP contribution in [0.4, 0.5) is 4.79 Å². The highest BCUT2D eigenvalue weighted by molar-refractivity contribution is 5.89. The number of carbonyl (C=O) groups excluding carboxylic acids is 1. The normalized spacial score (nSPS) is 13.0. The fourth-order valence-electron chi connectivity index (χ4n) is 2.53. The molecule has 2 heterocycles. The maximum atomic E-state index is 11.5. The molecule has 7 heteroatoms. The SMILES string of the molecule is COC(=O)c1cccc(Cn2cc3c(n2)CN(C(=O)O)C3)c1. The molecule has 2 aromatic rings. The van der Waals surface area contributed by atoms with Crippen molar-refractivity contribution in [2.75, 3.05) is 7.11 Å². The second-order valence-corrected chi connectivity index (χ2v) is 5.13. The quantitative estimate of drug-likeness (QED) is 0.872. The first-order valence-corrected chi connectivity index (χ1v) is 6.77. The molecule has 0 saturated heterocycles. The minimum Gasteiger partial charge on any atom is -0.465 e. The van der Waals surface area contributed by atoms with Crippen LogP contribution in [0.3, 0.4) is 0 Å². The fraction of sp³-hybridized carbons (Fsp3) is 0.267. The first-order chi connectivity index (χ1) is 10.6. The molecule has 22 heavy (non-hydrogen) atoms. The average molecular weight is 301 g/mol. The van der Waals surface area contributed by atoms with Crippen LogP contribution < -0.4 is 0 Å². The van der Waals surface area contributed by atoms with Gasteiger partial charge in [-0.05, 0) is 17.7 Å². The number of esters is 1. The number of carbonyl (C=O) groups is 2. The van der Waals surface area contributed by atoms with Gasteiger partial charge in [-0.3, -0.25) is 9.58 Å². The molecule has 0 fully saturated rings. The van der Waals surface area contributed by atoms with E-state index in [2.05, 4.69) is 5.10 Å². The van der Waals surface area contributed by atoms with Crippen molar-refractivity contribution in [3.8, 4) is 0 Å². The molecular weight excluding hydrogens is 286 g/mol. The molecule has 114 valence electrons. The number of nitrogens with zero attached hydrogens (tertiary/aromatic N) is 3. The Morgan fingerprint density at radius 2 is 2.18 bits per heavy atom. The van der Waals surface area contributed by atoms with Crippen LogP contribution in [-0.4, -0.2) is 39.0 Å². The molecule has 1 aliphatic rings. The highest BCUT2D eigenvalue weighted by Crippen LogP contribution is 2.21. The van der Waals surface area contributed by atoms with Gasteiger partial charge in [-0.15, -0.1) is 0 Å². The van der Waals surface area contributed by atoms with Gasteiger partial charge in [0.1, 0.15) is 0 Å². The molecule has 0 radical (unpaired) electrons. The number of ether oxygens (including phenoxy) is 1. The number of amides is 1. The van der Waals surface area contributed by atoms with Crippen LogP contribution in [0.5, 0.6) is 0 Å². The van der Waals surface area contributed by atoms with Crippen molar-refractivity contribution < 1.29 is 19.4 Å². The lowest BCUT2D eigenvalue weighted by molar-refractivity contribution is 0.0600. The van der Waals surface area contributed by atoms with Gasteiger partial charge in [-0.1, -0.05) is 12.1 Å². The Morgan fingerprint density at radius 1 is 1.36 bits per heavy atom. The summed E-state index contributed by atoms with van der Waals surface area (Å²) in [6, 6.07) is 7.17. The molecule has 0 aliphatic carbocycles. The molecule has 0 spiro atoms. The molecule has 1 aromatic heterocycles. The zero-order valence-corrected chi connectivity index (χ0v) is 12.0. The molecule has 0 atom stereocenters. The molecular formula is C15H15N3O4. The van der Waals surface area contributed by atoms with Gasteiger partial charge in [-0.2, -0.15) is 5.10 Å². The number of benzene rings is 1. The zero-order valence-electron chi connectivity index (χ0n) is 12.0. The van der Waals surface area contributed by atoms with Crippen LogP contribution in [0.2, 0.25) is 0 Å². The number of methoxy groups -OCH3 is 1. The van der Waals surface area contributed by atoms with Crippen LogP contribution in [-0.2, 0) is 24.4 Å². The van der Waals surface area contributed by atoms with Gasteiger partial charge in [0, 0.05) is 11.8 Å². The molecule has 0 bridgehead atoms. The lowest BCUT2D eigenvalue weighted by Crippen LogP contribution is -2.23. The summed E-state index contributed by atoms with van der Waals surface area (Å²) in [6.07, 6.45) is 0.915. The van der Waals surface area contributed by atoms with E-state index < -0.39 is 6.09 Å². The summed E-state index contributed by atoms with van der Waals surface area (Å²) < 4.78 is 6.47. The molecule has 1 amide bonds. The Bertz CT molecular complexity index is 715. The average Bonchev–Trinajstić information content (AvgIpc) is 3.05. The van der Waals surface area contributed by atoms with Crippen molar-refractivity contribution >= 4 is 12.1 Å². The van der Waals surface area contributed by atoms with Crippen molar-refractivity contribution in [1.29, 1.82) is 0 Å². The first-order valence-electron chi connectivity index (χ1n) is 6.77. The minimum absolute atomic E-state index is 0.319. The van der Waals surface area contributed by atoms with Gasteiger partial charge in [0.25, 0.3) is 0 Å². The Hall–Kier alpha value is -2.83. The van der Waals surface area contributed by atoms with Gasteiger partial charge in [0.2, 0.25) is 0 Å². The summed E-state index contributed by atoms with van der Waals surface area (Å²) in [7, 11) is 1.35. The summed E-state index contributed by atoms with van der Waals surface area (Å²) in [5.41, 5.74) is 3.13. The van der Waals surface area contributed by atoms with Crippen molar-refractivity contribution in [3.63, 3.8) is 0 Å². The van der Waals surface area contributed by atoms with Crippen molar-refractivity contribution in [2.24, 2.45) is 0 Å². The number of hydrogen-bond acceptors (Lipinski definition) is 4. The predicted octanol–water partition coefficient (Wildman–Crippen LogP) is 1.71. The van der Waals surface area contributed by atoms with E-state index in [1.807, 2.05) is 12.3 Å². The third-order valence-electron chi connectivity index (χ3n) is 3.59. The van der Waals surface area contributed by atoms with Gasteiger partial charge >= 0.3 is 12.1 Å². The summed E-state index contributed by atoms with van der Waals surface area (Å²) in [4.78, 5) is 23.8. The van der Waals surface area contributed by atoms with E-state index >= 15 is 0 Å². The monoisotopic (exact) mass is 301 g/mol. The number of aromatic nitrogens is 2. The summed E-state index contributed by atoms with van der Waals surface area (Å²) in [6.45, 7) is 1.21. The van der Waals surface area contributed by atoms with E-state index in [1.54, 1.807) is 22.9 Å². The highest BCUT2D eigenvalue weighted by atomic mass is 16.5. The lowest BCUT2D eigenvalue weighted by atomic mass is 10.1. The number of hydrogen-bond donors (Lipinski definition) is 1. The van der Waals surface area contributed by atoms with Crippen molar-refractivity contribution in [2.45, 2.75) is 19.6 Å². The third kappa shape index (κ3) is 2.65. The molecule has 1 N–H and O–H groups in total. The largest absolute Gasteiger partial charge is 0.465 e. The van der Waals surface area contributed by atoms with E-state index in [0.29, 0.717) is 25.2 Å². The Labute approximate surface area is 126 Å². The summed E-state index contributed by atoms with van der Waals surface area (Å²) in [5.74, 6) is -0.373. The van der Waals surface area contributed by atoms with E-state index in [4.69, 9.17) is 9.84 Å². The zero-order chi connectivity index (χ0) is 15.7. The van der Waals surface area contributed by atoms with Gasteiger partial charge < -0.3 is 9.84 Å². The van der Waals surface area contributed by atoms with Crippen molar-refractivity contribution in [3.05, 3.63) is 52.8 Å². The number of carboxylic acid groups (broad SMARTS) is 1. The van der Waals surface area contributed by atoms with E-state index in [-0.39, 0.29) is 5.97 Å². The third-order valence-corrected chi connectivity index (χ3v) is 3.59. The minimum atomic E-state index is -0.935. The molecule has 3 rings (SSSR count). The Kier molecular flexibility index (Phi) is 3.54. The van der Waals surface area contributed by atoms with Crippen LogP contribution >= 0.6 is 0 Å². The molecule has 1 aromatic carbocycles. The smallest absolute Gasteiger partial charge is 0.407 e. The molecule has 7 nitrogen and oxygen atoms in total. The maximum Gasteiger partial charge on any atom is 0.407 e. The Balaban J connectivity index is 1.75. The molecule has 1 aliphatic heterocycles. The van der Waals surface area contributed by atoms with E-state index in [0.717, 1.165) is 16.8 Å². The highest BCUT2D eigenvalue weighted by Gasteiger charge is 2.25. The van der Waals surface area contributed by atoms with Crippen molar-refractivity contribution in [1.82, 2.24) is 14.7 Å². The second kappa shape index (κ2) is 5.51. The van der Waals surface area contributed by atoms with Crippen LogP contribution in [0.15, 0.2) is 30.5 Å². The number of rotatable bonds is 3. The van der Waals surface area contributed by atoms with Crippen LogP contribution in [0.25, 0.3) is 0 Å². The molecule has 0 saturated carbocycles. The fourth-order valence-corrected chi connectivity index (χ4v) is 2.53. The van der Waals surface area contributed by atoms with Gasteiger partial charge in [0.05, 0.1) is 38.0 Å². The van der Waals surface area contributed by atoms with Gasteiger partial charge in [0.15, 0.2) is 0 Å². The Morgan fingerprint density at radius 3 is 2.86 bits per heavy atom. The van der Waals surface area contributed by atoms with Gasteiger partial charge in [-0.25, -0.2) is 9.59 Å². The number of fused-ring (bicyclic) bond motifs is 1. The predicted molar refractivity (Wildman–Crippen MR) is 76.4 cm³/mol. The lowest BCUT2D eigenvalue weighted by Gasteiger charge is -2.10. The van der Waals surface area contributed by atoms with E-state index in [1.165, 1.54) is 12.0 Å². The summed E-state index contributed by atoms with van der Waals surface area (Å²) in [5, 5.41) is 13.4. The standard InChI is InChI=1S/C15H15N3O4/c1-22-14(19)11-4-2-3-10(5-11)6-18-8-12-7-17(15(20)21)9-13(12)16-18/h2-5,8H,6-7,9H2,1H3,(H,20,21). The maximum absolute atomic E-state index is 11.5.